The monoisotopic (exact) mass is 453 g/mol. The van der Waals surface area contributed by atoms with E-state index in [4.69, 9.17) is 23.2 Å². The van der Waals surface area contributed by atoms with Crippen molar-refractivity contribution in [3.05, 3.63) is 105 Å². The fourth-order valence-corrected chi connectivity index (χ4v) is 3.50. The standard InChI is InChI=1S/C23H17Cl2N3O3/c1-26(17-5-3-2-4-6-17)21(29)20-22(30)27(18-11-7-15(24)8-12-18)28(23(20)31)19-13-9-16(25)10-14-19/h2-14,30H,1H3. The highest BCUT2D eigenvalue weighted by Crippen LogP contribution is 2.26. The van der Waals surface area contributed by atoms with Gasteiger partial charge in [0.25, 0.3) is 11.5 Å². The summed E-state index contributed by atoms with van der Waals surface area (Å²) < 4.78 is 2.49. The minimum Gasteiger partial charge on any atom is -0.493 e. The molecule has 4 rings (SSSR count). The molecule has 1 aromatic heterocycles. The zero-order valence-corrected chi connectivity index (χ0v) is 17.9. The first-order valence-corrected chi connectivity index (χ1v) is 10.1. The molecule has 0 saturated carbocycles. The Morgan fingerprint density at radius 1 is 0.806 bits per heavy atom. The minimum atomic E-state index is -0.664. The van der Waals surface area contributed by atoms with Crippen molar-refractivity contribution in [2.24, 2.45) is 0 Å². The third-order valence-electron chi connectivity index (χ3n) is 4.83. The van der Waals surface area contributed by atoms with Crippen LogP contribution >= 0.6 is 23.2 Å². The lowest BCUT2D eigenvalue weighted by molar-refractivity contribution is 0.0989. The highest BCUT2D eigenvalue weighted by atomic mass is 35.5. The van der Waals surface area contributed by atoms with Gasteiger partial charge in [-0.05, 0) is 60.7 Å². The zero-order valence-electron chi connectivity index (χ0n) is 16.4. The summed E-state index contributed by atoms with van der Waals surface area (Å²) in [5.41, 5.74) is 0.457. The lowest BCUT2D eigenvalue weighted by atomic mass is 10.2. The number of nitrogens with zero attached hydrogens (tertiary/aromatic N) is 3. The van der Waals surface area contributed by atoms with Crippen LogP contribution in [0.2, 0.25) is 10.0 Å². The summed E-state index contributed by atoms with van der Waals surface area (Å²) in [7, 11) is 1.54. The number of benzene rings is 3. The summed E-state index contributed by atoms with van der Waals surface area (Å²) in [4.78, 5) is 27.9. The van der Waals surface area contributed by atoms with Crippen LogP contribution in [0.25, 0.3) is 11.4 Å². The molecule has 8 heteroatoms. The molecular weight excluding hydrogens is 437 g/mol. The van der Waals surface area contributed by atoms with E-state index < -0.39 is 17.3 Å². The fraction of sp³-hybridized carbons (Fsp3) is 0.0435. The molecule has 0 bridgehead atoms. The van der Waals surface area contributed by atoms with Crippen molar-refractivity contribution in [1.82, 2.24) is 9.36 Å². The van der Waals surface area contributed by atoms with Crippen molar-refractivity contribution in [1.29, 1.82) is 0 Å². The third kappa shape index (κ3) is 3.83. The topological polar surface area (TPSA) is 67.5 Å². The zero-order chi connectivity index (χ0) is 22.1. The van der Waals surface area contributed by atoms with Crippen LogP contribution in [0.1, 0.15) is 10.4 Å². The number of anilines is 1. The molecule has 0 saturated heterocycles. The number of carbonyl (C=O) groups excluding carboxylic acids is 1. The summed E-state index contributed by atoms with van der Waals surface area (Å²) in [6.45, 7) is 0. The maximum absolute atomic E-state index is 13.4. The first-order valence-electron chi connectivity index (χ1n) is 9.30. The molecule has 0 aliphatic rings. The van der Waals surface area contributed by atoms with Crippen LogP contribution in [0.15, 0.2) is 83.7 Å². The number of carbonyl (C=O) groups is 1. The number of aromatic hydroxyl groups is 1. The molecule has 0 atom stereocenters. The SMILES string of the molecule is CN(C(=O)c1c(O)n(-c2ccc(Cl)cc2)n(-c2ccc(Cl)cc2)c1=O)c1ccccc1. The van der Waals surface area contributed by atoms with Crippen LogP contribution < -0.4 is 10.5 Å². The second-order valence-corrected chi connectivity index (χ2v) is 7.65. The Morgan fingerprint density at radius 2 is 1.29 bits per heavy atom. The number of rotatable bonds is 4. The molecule has 1 amide bonds. The van der Waals surface area contributed by atoms with Gasteiger partial charge in [0.1, 0.15) is 0 Å². The average Bonchev–Trinajstić information content (AvgIpc) is 3.04. The predicted molar refractivity (Wildman–Crippen MR) is 122 cm³/mol. The van der Waals surface area contributed by atoms with Gasteiger partial charge in [0.15, 0.2) is 5.56 Å². The normalized spacial score (nSPS) is 10.8. The summed E-state index contributed by atoms with van der Waals surface area (Å²) >= 11 is 12.0. The Labute approximate surface area is 188 Å². The number of hydrogen-bond donors (Lipinski definition) is 1. The first kappa shape index (κ1) is 20.8. The van der Waals surface area contributed by atoms with Crippen LogP contribution in [0.4, 0.5) is 5.69 Å². The molecule has 3 aromatic carbocycles. The van der Waals surface area contributed by atoms with Crippen LogP contribution in [0.5, 0.6) is 5.88 Å². The van der Waals surface area contributed by atoms with E-state index in [-0.39, 0.29) is 5.56 Å². The van der Waals surface area contributed by atoms with E-state index in [0.717, 1.165) is 0 Å². The van der Waals surface area contributed by atoms with Gasteiger partial charge < -0.3 is 10.0 Å². The van der Waals surface area contributed by atoms with E-state index in [0.29, 0.717) is 27.1 Å². The molecule has 31 heavy (non-hydrogen) atoms. The van der Waals surface area contributed by atoms with E-state index in [9.17, 15) is 14.7 Å². The van der Waals surface area contributed by atoms with Gasteiger partial charge >= 0.3 is 0 Å². The quantitative estimate of drug-likeness (QED) is 0.476. The highest BCUT2D eigenvalue weighted by Gasteiger charge is 2.29. The van der Waals surface area contributed by atoms with E-state index in [1.165, 1.54) is 14.3 Å². The van der Waals surface area contributed by atoms with Crippen molar-refractivity contribution >= 4 is 34.8 Å². The Morgan fingerprint density at radius 3 is 1.81 bits per heavy atom. The van der Waals surface area contributed by atoms with Gasteiger partial charge in [0.2, 0.25) is 5.88 Å². The van der Waals surface area contributed by atoms with E-state index in [2.05, 4.69) is 0 Å². The summed E-state index contributed by atoms with van der Waals surface area (Å²) in [6.07, 6.45) is 0. The van der Waals surface area contributed by atoms with Gasteiger partial charge in [-0.25, -0.2) is 9.36 Å². The maximum atomic E-state index is 13.4. The van der Waals surface area contributed by atoms with Crippen LogP contribution in [-0.2, 0) is 0 Å². The summed E-state index contributed by atoms with van der Waals surface area (Å²) in [5, 5.41) is 12.0. The molecule has 1 N–H and O–H groups in total. The van der Waals surface area contributed by atoms with Crippen molar-refractivity contribution in [2.75, 3.05) is 11.9 Å². The van der Waals surface area contributed by atoms with Gasteiger partial charge in [0.05, 0.1) is 11.4 Å². The fourth-order valence-electron chi connectivity index (χ4n) is 3.25. The molecule has 156 valence electrons. The second kappa shape index (κ2) is 8.34. The highest BCUT2D eigenvalue weighted by molar-refractivity contribution is 6.30. The van der Waals surface area contributed by atoms with Gasteiger partial charge in [0, 0.05) is 22.8 Å². The van der Waals surface area contributed by atoms with Crippen molar-refractivity contribution < 1.29 is 9.90 Å². The molecule has 6 nitrogen and oxygen atoms in total. The van der Waals surface area contributed by atoms with E-state index >= 15 is 0 Å². The molecule has 1 heterocycles. The Balaban J connectivity index is 1.94. The number of para-hydroxylation sites is 1. The van der Waals surface area contributed by atoms with Crippen LogP contribution in [0.3, 0.4) is 0 Å². The summed E-state index contributed by atoms with van der Waals surface area (Å²) in [5.74, 6) is -1.11. The predicted octanol–water partition coefficient (Wildman–Crippen LogP) is 4.92. The average molecular weight is 454 g/mol. The van der Waals surface area contributed by atoms with Crippen molar-refractivity contribution in [3.8, 4) is 17.3 Å². The lowest BCUT2D eigenvalue weighted by Gasteiger charge is -2.16. The van der Waals surface area contributed by atoms with Gasteiger partial charge in [-0.3, -0.25) is 9.59 Å². The Bertz CT molecular complexity index is 1300. The summed E-state index contributed by atoms with van der Waals surface area (Å²) in [6, 6.07) is 21.9. The minimum absolute atomic E-state index is 0.351. The van der Waals surface area contributed by atoms with Gasteiger partial charge in [-0.2, -0.15) is 0 Å². The number of halogens is 2. The molecule has 4 aromatic rings. The van der Waals surface area contributed by atoms with Crippen LogP contribution in [0, 0.1) is 0 Å². The lowest BCUT2D eigenvalue weighted by Crippen LogP contribution is -2.31. The van der Waals surface area contributed by atoms with Gasteiger partial charge in [-0.15, -0.1) is 0 Å². The second-order valence-electron chi connectivity index (χ2n) is 6.78. The molecular formula is C23H17Cl2N3O3. The molecule has 0 fully saturated rings. The van der Waals surface area contributed by atoms with Crippen LogP contribution in [-0.4, -0.2) is 27.4 Å². The number of aromatic nitrogens is 2. The smallest absolute Gasteiger partial charge is 0.288 e. The molecule has 0 unspecified atom stereocenters. The number of hydrogen-bond acceptors (Lipinski definition) is 3. The molecule has 0 aliphatic carbocycles. The maximum Gasteiger partial charge on any atom is 0.288 e. The van der Waals surface area contributed by atoms with E-state index in [1.54, 1.807) is 79.8 Å². The molecule has 0 spiro atoms. The number of amides is 1. The Hall–Kier alpha value is -3.48. The molecule has 0 radical (unpaired) electrons. The molecule has 0 aliphatic heterocycles. The third-order valence-corrected chi connectivity index (χ3v) is 5.34. The van der Waals surface area contributed by atoms with Crippen molar-refractivity contribution in [2.45, 2.75) is 0 Å². The van der Waals surface area contributed by atoms with E-state index in [1.807, 2.05) is 6.07 Å². The van der Waals surface area contributed by atoms with Crippen molar-refractivity contribution in [3.63, 3.8) is 0 Å². The first-order chi connectivity index (χ1) is 14.9. The van der Waals surface area contributed by atoms with Gasteiger partial charge in [-0.1, -0.05) is 41.4 Å². The Kier molecular flexibility index (Phi) is 5.59. The largest absolute Gasteiger partial charge is 0.493 e.